The third-order valence-electron chi connectivity index (χ3n) is 5.64. The highest BCUT2D eigenvalue weighted by molar-refractivity contribution is 5.95. The first kappa shape index (κ1) is 13.3. The van der Waals surface area contributed by atoms with Crippen LogP contribution in [0.3, 0.4) is 0 Å². The van der Waals surface area contributed by atoms with Gasteiger partial charge in [-0.25, -0.2) is 0 Å². The van der Waals surface area contributed by atoms with E-state index in [0.29, 0.717) is 12.4 Å². The van der Waals surface area contributed by atoms with Gasteiger partial charge in [0.1, 0.15) is 0 Å². The number of aromatic nitrogens is 1. The maximum Gasteiger partial charge on any atom is 0.200 e. The Morgan fingerprint density at radius 2 is 2.22 bits per heavy atom. The molecular weight excluding hydrogens is 288 g/mol. The minimum Gasteiger partial charge on any atom is -0.353 e. The number of benzene rings is 1. The van der Waals surface area contributed by atoms with Crippen LogP contribution in [0.2, 0.25) is 0 Å². The third kappa shape index (κ3) is 1.70. The van der Waals surface area contributed by atoms with Crippen LogP contribution in [0.15, 0.2) is 43.1 Å². The first-order valence-corrected chi connectivity index (χ1v) is 8.21. The molecule has 1 aromatic heterocycles. The standard InChI is InChI=1S/C19H18N2O2/c1-2-11-10-23-16-9-14(11)19(22)18-17-13(7-8-21(16)18)12-5-3-4-6-15(12)20-17/h2-8,11,14,16,18,20H,1,9-10H2/p+1/t11-,14-,16-,18?/m0/s1. The van der Waals surface area contributed by atoms with Crippen LogP contribution in [0.5, 0.6) is 0 Å². The van der Waals surface area contributed by atoms with Crippen LogP contribution in [0.25, 0.3) is 17.0 Å². The second-order valence-corrected chi connectivity index (χ2v) is 6.73. The number of quaternary nitrogens is 1. The van der Waals surface area contributed by atoms with E-state index in [9.17, 15) is 4.79 Å². The minimum absolute atomic E-state index is 0.0331. The Labute approximate surface area is 134 Å². The van der Waals surface area contributed by atoms with E-state index in [1.165, 1.54) is 5.39 Å². The van der Waals surface area contributed by atoms with Crippen molar-refractivity contribution in [3.05, 3.63) is 54.4 Å². The Morgan fingerprint density at radius 3 is 3.09 bits per heavy atom. The highest BCUT2D eigenvalue weighted by atomic mass is 16.5. The number of hydrogen-bond acceptors (Lipinski definition) is 2. The number of carbonyl (C=O) groups excluding carboxylic acids is 1. The van der Waals surface area contributed by atoms with Crippen LogP contribution in [-0.4, -0.2) is 23.6 Å². The molecule has 4 heteroatoms. The van der Waals surface area contributed by atoms with Gasteiger partial charge in [-0.2, -0.15) is 0 Å². The van der Waals surface area contributed by atoms with Crippen LogP contribution < -0.4 is 4.90 Å². The summed E-state index contributed by atoms with van der Waals surface area (Å²) in [6.45, 7) is 4.49. The van der Waals surface area contributed by atoms with Crippen LogP contribution >= 0.6 is 0 Å². The van der Waals surface area contributed by atoms with Gasteiger partial charge in [-0.3, -0.25) is 9.69 Å². The van der Waals surface area contributed by atoms with Crippen LogP contribution in [0.4, 0.5) is 0 Å². The molecule has 4 heterocycles. The summed E-state index contributed by atoms with van der Waals surface area (Å²) in [5.41, 5.74) is 3.28. The van der Waals surface area contributed by atoms with E-state index in [-0.39, 0.29) is 24.1 Å². The van der Waals surface area contributed by atoms with Crippen molar-refractivity contribution in [2.24, 2.45) is 11.8 Å². The van der Waals surface area contributed by atoms with Gasteiger partial charge in [-0.1, -0.05) is 24.3 Å². The Kier molecular flexibility index (Phi) is 2.69. The zero-order valence-electron chi connectivity index (χ0n) is 12.8. The van der Waals surface area contributed by atoms with Crippen molar-refractivity contribution >= 4 is 22.8 Å². The summed E-state index contributed by atoms with van der Waals surface area (Å²) >= 11 is 0. The number of nitrogens with one attached hydrogen (secondary N) is 2. The first-order chi connectivity index (χ1) is 11.3. The molecule has 2 saturated heterocycles. The molecule has 2 fully saturated rings. The lowest BCUT2D eigenvalue weighted by atomic mass is 9.76. The largest absolute Gasteiger partial charge is 0.353 e. The fourth-order valence-corrected chi connectivity index (χ4v) is 4.46. The second-order valence-electron chi connectivity index (χ2n) is 6.73. The molecule has 0 amide bonds. The summed E-state index contributed by atoms with van der Waals surface area (Å²) in [4.78, 5) is 17.8. The van der Waals surface area contributed by atoms with E-state index in [1.54, 1.807) is 0 Å². The van der Waals surface area contributed by atoms with Gasteiger partial charge in [-0.05, 0) is 6.07 Å². The van der Waals surface area contributed by atoms with Crippen molar-refractivity contribution in [2.45, 2.75) is 18.7 Å². The molecule has 2 unspecified atom stereocenters. The zero-order chi connectivity index (χ0) is 15.6. The molecule has 0 saturated carbocycles. The van der Waals surface area contributed by atoms with Crippen molar-refractivity contribution in [3.63, 3.8) is 0 Å². The van der Waals surface area contributed by atoms with Gasteiger partial charge >= 0.3 is 0 Å². The van der Waals surface area contributed by atoms with Crippen molar-refractivity contribution in [1.29, 1.82) is 0 Å². The normalized spacial score (nSPS) is 35.0. The molecule has 1 aromatic carbocycles. The van der Waals surface area contributed by atoms with Crippen LogP contribution in [0.1, 0.15) is 23.7 Å². The number of piperidine rings is 1. The SMILES string of the molecule is C=C[C@H]1CO[C@H]2C[C@@H]1C(=O)C1c3[nH]c4ccccc4c3C=C[NH+]12. The summed E-state index contributed by atoms with van der Waals surface area (Å²) in [5.74, 6) is 0.492. The van der Waals surface area contributed by atoms with E-state index < -0.39 is 0 Å². The Hall–Kier alpha value is -2.17. The van der Waals surface area contributed by atoms with Gasteiger partial charge in [0.2, 0.25) is 5.78 Å². The Bertz CT molecular complexity index is 850. The quantitative estimate of drug-likeness (QED) is 0.790. The number of hydrogen-bond donors (Lipinski definition) is 2. The lowest BCUT2D eigenvalue weighted by molar-refractivity contribution is -0.928. The number of ketones is 1. The average Bonchev–Trinajstić information content (AvgIpc) is 2.98. The predicted molar refractivity (Wildman–Crippen MR) is 87.6 cm³/mol. The highest BCUT2D eigenvalue weighted by Crippen LogP contribution is 2.37. The molecule has 0 radical (unpaired) electrons. The summed E-state index contributed by atoms with van der Waals surface area (Å²) < 4.78 is 6.03. The van der Waals surface area contributed by atoms with Crippen molar-refractivity contribution in [2.75, 3.05) is 6.61 Å². The zero-order valence-corrected chi connectivity index (χ0v) is 12.8. The second kappa shape index (κ2) is 4.66. The summed E-state index contributed by atoms with van der Waals surface area (Å²) in [6, 6.07) is 8.05. The molecule has 5 rings (SSSR count). The van der Waals surface area contributed by atoms with Gasteiger partial charge in [0.15, 0.2) is 12.3 Å². The van der Waals surface area contributed by atoms with E-state index in [0.717, 1.165) is 28.1 Å². The topological polar surface area (TPSA) is 46.5 Å². The van der Waals surface area contributed by atoms with Crippen LogP contribution in [0, 0.1) is 11.8 Å². The van der Waals surface area contributed by atoms with Gasteiger partial charge in [0.05, 0.1) is 18.5 Å². The molecule has 3 aliphatic rings. The fourth-order valence-electron chi connectivity index (χ4n) is 4.46. The number of Topliss-reactive ketones (excluding diaryl/α,β-unsaturated/α-hetero) is 1. The minimum atomic E-state index is -0.186. The molecule has 0 spiro atoms. The number of rotatable bonds is 1. The van der Waals surface area contributed by atoms with Crippen molar-refractivity contribution in [1.82, 2.24) is 4.98 Å². The maximum atomic E-state index is 13.2. The van der Waals surface area contributed by atoms with E-state index in [4.69, 9.17) is 4.74 Å². The highest BCUT2D eigenvalue weighted by Gasteiger charge is 2.53. The maximum absolute atomic E-state index is 13.2. The molecule has 3 aliphatic heterocycles. The van der Waals surface area contributed by atoms with Crippen molar-refractivity contribution in [3.8, 4) is 0 Å². The third-order valence-corrected chi connectivity index (χ3v) is 5.64. The summed E-state index contributed by atoms with van der Waals surface area (Å²) in [7, 11) is 0. The number of carbonyl (C=O) groups is 1. The molecule has 116 valence electrons. The average molecular weight is 307 g/mol. The molecular formula is C19H19N2O2+. The summed E-state index contributed by atoms with van der Waals surface area (Å²) in [6.07, 6.45) is 6.99. The molecule has 4 nitrogen and oxygen atoms in total. The molecule has 2 bridgehead atoms. The Morgan fingerprint density at radius 1 is 1.35 bits per heavy atom. The van der Waals surface area contributed by atoms with Gasteiger partial charge in [0, 0.05) is 40.8 Å². The number of aromatic amines is 1. The van der Waals surface area contributed by atoms with Gasteiger partial charge in [-0.15, -0.1) is 6.58 Å². The lowest BCUT2D eigenvalue weighted by Gasteiger charge is -2.45. The number of fused-ring (bicyclic) bond motifs is 8. The van der Waals surface area contributed by atoms with Crippen LogP contribution in [-0.2, 0) is 9.53 Å². The lowest BCUT2D eigenvalue weighted by Crippen LogP contribution is -3.15. The number of para-hydroxylation sites is 1. The molecule has 23 heavy (non-hydrogen) atoms. The van der Waals surface area contributed by atoms with E-state index in [1.807, 2.05) is 18.2 Å². The molecule has 2 N–H and O–H groups in total. The summed E-state index contributed by atoms with van der Waals surface area (Å²) in [5, 5.41) is 1.18. The van der Waals surface area contributed by atoms with Gasteiger partial charge in [0.25, 0.3) is 0 Å². The van der Waals surface area contributed by atoms with E-state index in [2.05, 4.69) is 36.0 Å². The van der Waals surface area contributed by atoms with Gasteiger partial charge < -0.3 is 9.72 Å². The fraction of sp³-hybridized carbons (Fsp3) is 0.316. The molecule has 5 atom stereocenters. The Balaban J connectivity index is 1.68. The first-order valence-electron chi connectivity index (χ1n) is 8.21. The van der Waals surface area contributed by atoms with Crippen molar-refractivity contribution < 1.29 is 14.4 Å². The number of H-pyrrole nitrogens is 1. The smallest absolute Gasteiger partial charge is 0.200 e. The number of ether oxygens (including phenoxy) is 1. The molecule has 2 aromatic rings. The molecule has 0 aliphatic carbocycles. The predicted octanol–water partition coefficient (Wildman–Crippen LogP) is 1.83. The monoisotopic (exact) mass is 307 g/mol. The van der Waals surface area contributed by atoms with E-state index >= 15 is 0 Å².